The van der Waals surface area contributed by atoms with Gasteiger partial charge >= 0.3 is 0 Å². The standard InChI is InChI=1S/C9H15NO/c1-3-9(11)8-4-5-10-7(2)6-8/h3,7-8,10H,1,4-6H2,2H3. The molecule has 11 heavy (non-hydrogen) atoms. The van der Waals surface area contributed by atoms with Crippen LogP contribution in [0.3, 0.4) is 0 Å². The van der Waals surface area contributed by atoms with Gasteiger partial charge in [-0.3, -0.25) is 4.79 Å². The second kappa shape index (κ2) is 3.67. The number of ketones is 1. The molecule has 2 nitrogen and oxygen atoms in total. The van der Waals surface area contributed by atoms with Crippen molar-refractivity contribution >= 4 is 5.78 Å². The maximum atomic E-state index is 11.2. The molecule has 2 unspecified atom stereocenters. The minimum Gasteiger partial charge on any atom is -0.314 e. The normalized spacial score (nSPS) is 31.4. The fourth-order valence-electron chi connectivity index (χ4n) is 1.56. The van der Waals surface area contributed by atoms with Crippen LogP contribution in [0.15, 0.2) is 12.7 Å². The molecule has 1 N–H and O–H groups in total. The topological polar surface area (TPSA) is 29.1 Å². The lowest BCUT2D eigenvalue weighted by Crippen LogP contribution is -2.38. The van der Waals surface area contributed by atoms with E-state index in [1.54, 1.807) is 0 Å². The Hall–Kier alpha value is -0.630. The first-order valence-electron chi connectivity index (χ1n) is 4.13. The Morgan fingerprint density at radius 2 is 2.45 bits per heavy atom. The van der Waals surface area contributed by atoms with Gasteiger partial charge in [-0.25, -0.2) is 0 Å². The van der Waals surface area contributed by atoms with Crippen molar-refractivity contribution in [3.8, 4) is 0 Å². The smallest absolute Gasteiger partial charge is 0.158 e. The summed E-state index contributed by atoms with van der Waals surface area (Å²) in [7, 11) is 0. The maximum Gasteiger partial charge on any atom is 0.158 e. The third kappa shape index (κ3) is 2.15. The summed E-state index contributed by atoms with van der Waals surface area (Å²) in [6.45, 7) is 6.57. The van der Waals surface area contributed by atoms with E-state index >= 15 is 0 Å². The minimum absolute atomic E-state index is 0.207. The van der Waals surface area contributed by atoms with E-state index in [2.05, 4.69) is 18.8 Å². The molecule has 1 saturated heterocycles. The van der Waals surface area contributed by atoms with E-state index in [9.17, 15) is 4.79 Å². The molecule has 1 aliphatic heterocycles. The molecule has 1 heterocycles. The third-order valence-corrected chi connectivity index (χ3v) is 2.23. The van der Waals surface area contributed by atoms with Gasteiger partial charge in [-0.1, -0.05) is 6.58 Å². The van der Waals surface area contributed by atoms with Crippen LogP contribution in [0.5, 0.6) is 0 Å². The van der Waals surface area contributed by atoms with Gasteiger partial charge in [-0.15, -0.1) is 0 Å². The molecular weight excluding hydrogens is 138 g/mol. The van der Waals surface area contributed by atoms with Crippen molar-refractivity contribution in [3.63, 3.8) is 0 Å². The molecule has 0 aromatic carbocycles. The molecule has 2 heteroatoms. The fraction of sp³-hybridized carbons (Fsp3) is 0.667. The van der Waals surface area contributed by atoms with Crippen molar-refractivity contribution in [2.24, 2.45) is 5.92 Å². The van der Waals surface area contributed by atoms with Gasteiger partial charge in [0.25, 0.3) is 0 Å². The van der Waals surface area contributed by atoms with Gasteiger partial charge in [0, 0.05) is 12.0 Å². The molecule has 0 aliphatic carbocycles. The van der Waals surface area contributed by atoms with Crippen molar-refractivity contribution in [1.82, 2.24) is 5.32 Å². The minimum atomic E-state index is 0.207. The summed E-state index contributed by atoms with van der Waals surface area (Å²) >= 11 is 0. The summed E-state index contributed by atoms with van der Waals surface area (Å²) in [5, 5.41) is 3.30. The highest BCUT2D eigenvalue weighted by molar-refractivity contribution is 5.91. The summed E-state index contributed by atoms with van der Waals surface area (Å²) < 4.78 is 0. The number of hydrogen-bond donors (Lipinski definition) is 1. The number of rotatable bonds is 2. The Morgan fingerprint density at radius 3 is 3.00 bits per heavy atom. The average molecular weight is 153 g/mol. The van der Waals surface area contributed by atoms with Gasteiger partial charge in [0.15, 0.2) is 5.78 Å². The Bertz CT molecular complexity index is 165. The first-order chi connectivity index (χ1) is 5.24. The van der Waals surface area contributed by atoms with Crippen molar-refractivity contribution in [3.05, 3.63) is 12.7 Å². The largest absolute Gasteiger partial charge is 0.314 e. The van der Waals surface area contributed by atoms with Crippen LogP contribution in [-0.2, 0) is 4.79 Å². The third-order valence-electron chi connectivity index (χ3n) is 2.23. The number of carbonyl (C=O) groups is 1. The van der Waals surface area contributed by atoms with Crippen LogP contribution in [0.4, 0.5) is 0 Å². The molecule has 62 valence electrons. The maximum absolute atomic E-state index is 11.2. The molecule has 2 atom stereocenters. The van der Waals surface area contributed by atoms with Gasteiger partial charge in [0.05, 0.1) is 0 Å². The molecule has 1 fully saturated rings. The van der Waals surface area contributed by atoms with E-state index < -0.39 is 0 Å². The summed E-state index contributed by atoms with van der Waals surface area (Å²) in [5.74, 6) is 0.432. The van der Waals surface area contributed by atoms with Crippen molar-refractivity contribution in [1.29, 1.82) is 0 Å². The van der Waals surface area contributed by atoms with E-state index in [0.29, 0.717) is 6.04 Å². The highest BCUT2D eigenvalue weighted by Gasteiger charge is 2.22. The Labute approximate surface area is 67.7 Å². The Kier molecular flexibility index (Phi) is 2.83. The van der Waals surface area contributed by atoms with Gasteiger partial charge < -0.3 is 5.32 Å². The van der Waals surface area contributed by atoms with E-state index in [4.69, 9.17) is 0 Å². The molecule has 1 rings (SSSR count). The number of hydrogen-bond acceptors (Lipinski definition) is 2. The predicted octanol–water partition coefficient (Wildman–Crippen LogP) is 1.13. The molecule has 0 saturated carbocycles. The van der Waals surface area contributed by atoms with Gasteiger partial charge in [0.2, 0.25) is 0 Å². The van der Waals surface area contributed by atoms with Crippen molar-refractivity contribution in [2.45, 2.75) is 25.8 Å². The molecule has 0 amide bonds. The van der Waals surface area contributed by atoms with Crippen LogP contribution in [0, 0.1) is 5.92 Å². The lowest BCUT2D eigenvalue weighted by molar-refractivity contribution is -0.119. The lowest BCUT2D eigenvalue weighted by atomic mass is 9.90. The quantitative estimate of drug-likeness (QED) is 0.602. The van der Waals surface area contributed by atoms with E-state index in [-0.39, 0.29) is 11.7 Å². The summed E-state index contributed by atoms with van der Waals surface area (Å²) in [6.07, 6.45) is 3.38. The summed E-state index contributed by atoms with van der Waals surface area (Å²) in [6, 6.07) is 0.484. The molecular formula is C9H15NO. The predicted molar refractivity (Wildman–Crippen MR) is 45.4 cm³/mol. The highest BCUT2D eigenvalue weighted by Crippen LogP contribution is 2.16. The number of allylic oxidation sites excluding steroid dienone is 1. The van der Waals surface area contributed by atoms with Gasteiger partial charge in [0.1, 0.15) is 0 Å². The zero-order chi connectivity index (χ0) is 8.27. The zero-order valence-corrected chi connectivity index (χ0v) is 6.97. The molecule has 0 bridgehead atoms. The van der Waals surface area contributed by atoms with Gasteiger partial charge in [-0.2, -0.15) is 0 Å². The first-order valence-corrected chi connectivity index (χ1v) is 4.13. The fourth-order valence-corrected chi connectivity index (χ4v) is 1.56. The summed E-state index contributed by atoms with van der Waals surface area (Å²) in [5.41, 5.74) is 0. The SMILES string of the molecule is C=CC(=O)C1CCNC(C)C1. The van der Waals surface area contributed by atoms with Crippen molar-refractivity contribution < 1.29 is 4.79 Å². The molecule has 0 aromatic rings. The average Bonchev–Trinajstić information content (AvgIpc) is 2.03. The van der Waals surface area contributed by atoms with Crippen LogP contribution >= 0.6 is 0 Å². The molecule has 0 aromatic heterocycles. The number of nitrogens with one attached hydrogen (secondary N) is 1. The molecule has 0 spiro atoms. The van der Waals surface area contributed by atoms with Crippen LogP contribution in [-0.4, -0.2) is 18.4 Å². The van der Waals surface area contributed by atoms with Crippen LogP contribution in [0.25, 0.3) is 0 Å². The molecule has 1 aliphatic rings. The first kappa shape index (κ1) is 8.47. The van der Waals surface area contributed by atoms with Crippen LogP contribution in [0.1, 0.15) is 19.8 Å². The monoisotopic (exact) mass is 153 g/mol. The number of piperidine rings is 1. The van der Waals surface area contributed by atoms with E-state index in [0.717, 1.165) is 19.4 Å². The highest BCUT2D eigenvalue weighted by atomic mass is 16.1. The van der Waals surface area contributed by atoms with Crippen molar-refractivity contribution in [2.75, 3.05) is 6.54 Å². The van der Waals surface area contributed by atoms with Gasteiger partial charge in [-0.05, 0) is 32.4 Å². The number of carbonyl (C=O) groups excluding carboxylic acids is 1. The van der Waals surface area contributed by atoms with Crippen LogP contribution < -0.4 is 5.32 Å². The second-order valence-corrected chi connectivity index (χ2v) is 3.18. The van der Waals surface area contributed by atoms with E-state index in [1.807, 2.05) is 0 Å². The Balaban J connectivity index is 2.45. The second-order valence-electron chi connectivity index (χ2n) is 3.18. The Morgan fingerprint density at radius 1 is 1.73 bits per heavy atom. The lowest BCUT2D eigenvalue weighted by Gasteiger charge is -2.25. The molecule has 0 radical (unpaired) electrons. The summed E-state index contributed by atoms with van der Waals surface area (Å²) in [4.78, 5) is 11.2. The zero-order valence-electron chi connectivity index (χ0n) is 6.97. The van der Waals surface area contributed by atoms with Crippen LogP contribution in [0.2, 0.25) is 0 Å². The van der Waals surface area contributed by atoms with E-state index in [1.165, 1.54) is 6.08 Å².